The molecule has 1 saturated carbocycles. The van der Waals surface area contributed by atoms with E-state index in [0.717, 1.165) is 24.8 Å². The van der Waals surface area contributed by atoms with Crippen LogP contribution in [0.5, 0.6) is 0 Å². The molecule has 2 atom stereocenters. The highest BCUT2D eigenvalue weighted by molar-refractivity contribution is 5.98. The Labute approximate surface area is 162 Å². The summed E-state index contributed by atoms with van der Waals surface area (Å²) >= 11 is 0. The molecule has 0 aromatic heterocycles. The molecule has 0 N–H and O–H groups in total. The first-order chi connectivity index (χ1) is 13.3. The average Bonchev–Trinajstić information content (AvgIpc) is 2.76. The van der Waals surface area contributed by atoms with Gasteiger partial charge in [0.2, 0.25) is 0 Å². The normalized spacial score (nSPS) is 19.7. The zero-order valence-electron chi connectivity index (χ0n) is 15.6. The number of carbonyl (C=O) groups is 1. The Morgan fingerprint density at radius 3 is 1.70 bits per heavy atom. The van der Waals surface area contributed by atoms with Crippen molar-refractivity contribution in [1.82, 2.24) is 0 Å². The van der Waals surface area contributed by atoms with Crippen LogP contribution in [0, 0.1) is 11.8 Å². The van der Waals surface area contributed by atoms with E-state index in [4.69, 9.17) is 0 Å². The van der Waals surface area contributed by atoms with Gasteiger partial charge >= 0.3 is 0 Å². The molecule has 0 radical (unpaired) electrons. The number of hydrogen-bond acceptors (Lipinski definition) is 1. The highest BCUT2D eigenvalue weighted by atomic mass is 16.1. The van der Waals surface area contributed by atoms with Crippen LogP contribution in [-0.4, -0.2) is 5.78 Å². The van der Waals surface area contributed by atoms with E-state index in [-0.39, 0.29) is 11.8 Å². The van der Waals surface area contributed by atoms with Gasteiger partial charge in [0.15, 0.2) is 5.78 Å². The minimum atomic E-state index is 0.0894. The van der Waals surface area contributed by atoms with Gasteiger partial charge in [0, 0.05) is 17.4 Å². The van der Waals surface area contributed by atoms with E-state index in [1.165, 1.54) is 17.5 Å². The number of carbonyl (C=O) groups excluding carboxylic acids is 1. The summed E-state index contributed by atoms with van der Waals surface area (Å²) in [5.74, 6) is 1.02. The lowest BCUT2D eigenvalue weighted by Crippen LogP contribution is -2.32. The minimum Gasteiger partial charge on any atom is -0.294 e. The van der Waals surface area contributed by atoms with E-state index in [1.807, 2.05) is 30.3 Å². The molecule has 0 bridgehead atoms. The molecule has 1 heteroatoms. The van der Waals surface area contributed by atoms with E-state index in [2.05, 4.69) is 60.7 Å². The van der Waals surface area contributed by atoms with Gasteiger partial charge in [-0.05, 0) is 29.9 Å². The van der Waals surface area contributed by atoms with Gasteiger partial charge in [-0.25, -0.2) is 0 Å². The van der Waals surface area contributed by atoms with Crippen LogP contribution in [0.2, 0.25) is 0 Å². The summed E-state index contributed by atoms with van der Waals surface area (Å²) in [6.45, 7) is 0. The number of rotatable bonds is 5. The van der Waals surface area contributed by atoms with Crippen molar-refractivity contribution in [3.05, 3.63) is 108 Å². The van der Waals surface area contributed by atoms with Crippen LogP contribution in [0.4, 0.5) is 0 Å². The van der Waals surface area contributed by atoms with Gasteiger partial charge in [-0.15, -0.1) is 0 Å². The average molecular weight is 354 g/mol. The highest BCUT2D eigenvalue weighted by Crippen LogP contribution is 2.44. The van der Waals surface area contributed by atoms with Crippen LogP contribution in [-0.2, 0) is 0 Å². The molecule has 0 aliphatic heterocycles. The lowest BCUT2D eigenvalue weighted by Gasteiger charge is -2.37. The van der Waals surface area contributed by atoms with Crippen LogP contribution < -0.4 is 0 Å². The van der Waals surface area contributed by atoms with E-state index in [9.17, 15) is 4.79 Å². The molecule has 0 spiro atoms. The molecular formula is C26H26O. The van der Waals surface area contributed by atoms with Crippen LogP contribution in [0.15, 0.2) is 91.0 Å². The smallest absolute Gasteiger partial charge is 0.166 e. The lowest BCUT2D eigenvalue weighted by atomic mass is 9.66. The van der Waals surface area contributed by atoms with Crippen molar-refractivity contribution < 1.29 is 4.79 Å². The van der Waals surface area contributed by atoms with Gasteiger partial charge in [0.1, 0.15) is 0 Å². The molecule has 1 aliphatic rings. The zero-order valence-corrected chi connectivity index (χ0v) is 15.6. The summed E-state index contributed by atoms with van der Waals surface area (Å²) in [7, 11) is 0. The molecule has 0 unspecified atom stereocenters. The second-order valence-electron chi connectivity index (χ2n) is 7.58. The van der Waals surface area contributed by atoms with Gasteiger partial charge in [0.25, 0.3) is 0 Å². The Kier molecular flexibility index (Phi) is 5.48. The van der Waals surface area contributed by atoms with E-state index in [1.54, 1.807) is 0 Å². The maximum atomic E-state index is 13.4. The van der Waals surface area contributed by atoms with Crippen molar-refractivity contribution in [3.8, 4) is 0 Å². The largest absolute Gasteiger partial charge is 0.294 e. The number of benzene rings is 3. The summed E-state index contributed by atoms with van der Waals surface area (Å²) in [6.07, 6.45) is 4.46. The van der Waals surface area contributed by atoms with E-state index in [0.29, 0.717) is 11.7 Å². The zero-order chi connectivity index (χ0) is 18.5. The highest BCUT2D eigenvalue weighted by Gasteiger charge is 2.37. The third-order valence-corrected chi connectivity index (χ3v) is 5.96. The predicted molar refractivity (Wildman–Crippen MR) is 111 cm³/mol. The molecule has 4 rings (SSSR count). The van der Waals surface area contributed by atoms with Crippen molar-refractivity contribution in [2.24, 2.45) is 11.8 Å². The first-order valence-corrected chi connectivity index (χ1v) is 10.0. The lowest BCUT2D eigenvalue weighted by molar-refractivity contribution is 0.0809. The molecule has 1 aliphatic carbocycles. The number of Topliss-reactive ketones (excluding diaryl/α,β-unsaturated/α-hetero) is 1. The van der Waals surface area contributed by atoms with Crippen molar-refractivity contribution in [1.29, 1.82) is 0 Å². The first-order valence-electron chi connectivity index (χ1n) is 10.0. The SMILES string of the molecule is O=C(c1ccccc1)[C@@H]1CCCC[C@@H]1C(c1ccccc1)c1ccccc1. The summed E-state index contributed by atoms with van der Waals surface area (Å²) in [5, 5.41) is 0. The molecule has 27 heavy (non-hydrogen) atoms. The summed E-state index contributed by atoms with van der Waals surface area (Å²) < 4.78 is 0. The molecule has 1 fully saturated rings. The van der Waals surface area contributed by atoms with E-state index >= 15 is 0 Å². The second-order valence-corrected chi connectivity index (χ2v) is 7.58. The fraction of sp³-hybridized carbons (Fsp3) is 0.269. The quantitative estimate of drug-likeness (QED) is 0.477. The summed E-state index contributed by atoms with van der Waals surface area (Å²) in [5.41, 5.74) is 3.50. The monoisotopic (exact) mass is 354 g/mol. The maximum Gasteiger partial charge on any atom is 0.166 e. The van der Waals surface area contributed by atoms with Gasteiger partial charge in [-0.3, -0.25) is 4.79 Å². The second kappa shape index (κ2) is 8.35. The summed E-state index contributed by atoms with van der Waals surface area (Å²) in [4.78, 5) is 13.4. The summed E-state index contributed by atoms with van der Waals surface area (Å²) in [6, 6.07) is 31.3. The molecule has 0 heterocycles. The Hall–Kier alpha value is -2.67. The predicted octanol–water partition coefficient (Wildman–Crippen LogP) is 6.51. The maximum absolute atomic E-state index is 13.4. The third kappa shape index (κ3) is 3.88. The fourth-order valence-corrected chi connectivity index (χ4v) is 4.71. The molecule has 3 aromatic rings. The minimum absolute atomic E-state index is 0.0894. The Balaban J connectivity index is 1.74. The Bertz CT molecular complexity index is 815. The van der Waals surface area contributed by atoms with Gasteiger partial charge in [-0.2, -0.15) is 0 Å². The molecule has 3 aromatic carbocycles. The van der Waals surface area contributed by atoms with Crippen molar-refractivity contribution >= 4 is 5.78 Å². The van der Waals surface area contributed by atoms with Crippen molar-refractivity contribution in [2.45, 2.75) is 31.6 Å². The first kappa shape index (κ1) is 17.7. The third-order valence-electron chi connectivity index (χ3n) is 5.96. The molecule has 136 valence electrons. The Morgan fingerprint density at radius 1 is 0.667 bits per heavy atom. The topological polar surface area (TPSA) is 17.1 Å². The van der Waals surface area contributed by atoms with Crippen LogP contribution in [0.1, 0.15) is 53.1 Å². The number of hydrogen-bond donors (Lipinski definition) is 0. The number of ketones is 1. The van der Waals surface area contributed by atoms with Gasteiger partial charge in [0.05, 0.1) is 0 Å². The van der Waals surface area contributed by atoms with E-state index < -0.39 is 0 Å². The van der Waals surface area contributed by atoms with Crippen LogP contribution >= 0.6 is 0 Å². The molecule has 1 nitrogen and oxygen atoms in total. The molecular weight excluding hydrogens is 328 g/mol. The van der Waals surface area contributed by atoms with Crippen molar-refractivity contribution in [2.75, 3.05) is 0 Å². The van der Waals surface area contributed by atoms with Crippen LogP contribution in [0.3, 0.4) is 0 Å². The fourth-order valence-electron chi connectivity index (χ4n) is 4.71. The standard InChI is InChI=1S/C26H26O/c27-26(22-16-8-3-9-17-22)24-19-11-10-18-23(24)25(20-12-4-1-5-13-20)21-14-6-2-7-15-21/h1-9,12-17,23-25H,10-11,18-19H2/t23-,24+/m0/s1. The van der Waals surface area contributed by atoms with Gasteiger partial charge in [-0.1, -0.05) is 104 Å². The molecule has 0 amide bonds. The van der Waals surface area contributed by atoms with Crippen molar-refractivity contribution in [3.63, 3.8) is 0 Å². The molecule has 0 saturated heterocycles. The van der Waals surface area contributed by atoms with Crippen LogP contribution in [0.25, 0.3) is 0 Å². The van der Waals surface area contributed by atoms with Gasteiger partial charge < -0.3 is 0 Å². The Morgan fingerprint density at radius 2 is 1.15 bits per heavy atom.